The van der Waals surface area contributed by atoms with Crippen molar-refractivity contribution >= 4 is 35.4 Å². The van der Waals surface area contributed by atoms with Crippen molar-refractivity contribution in [2.75, 3.05) is 6.61 Å². The average molecular weight is 425 g/mol. The standard InChI is InChI=1S/C23H21ClN2O4/c1-4-30-23(29)16-5-7-18(8-6-16)25-13-17-11-14(2)26(15(17)3)19-9-10-20(22(27)28)21(24)12-19/h5-13H,4H2,1-3H3,(H,27,28). The molecule has 0 aliphatic heterocycles. The zero-order chi connectivity index (χ0) is 21.8. The smallest absolute Gasteiger partial charge is 0.338 e. The predicted octanol–water partition coefficient (Wildman–Crippen LogP) is 5.37. The Morgan fingerprint density at radius 1 is 1.13 bits per heavy atom. The number of benzene rings is 2. The first-order valence-corrected chi connectivity index (χ1v) is 9.73. The van der Waals surface area contributed by atoms with Crippen LogP contribution < -0.4 is 0 Å². The van der Waals surface area contributed by atoms with Gasteiger partial charge in [0.15, 0.2) is 0 Å². The normalized spacial score (nSPS) is 11.1. The maximum absolute atomic E-state index is 11.7. The van der Waals surface area contributed by atoms with Gasteiger partial charge < -0.3 is 14.4 Å². The minimum atomic E-state index is -1.06. The Morgan fingerprint density at radius 3 is 2.43 bits per heavy atom. The number of aromatic carboxylic acids is 1. The van der Waals surface area contributed by atoms with E-state index in [-0.39, 0.29) is 16.6 Å². The Bertz CT molecular complexity index is 1130. The zero-order valence-electron chi connectivity index (χ0n) is 16.8. The van der Waals surface area contributed by atoms with Crippen molar-refractivity contribution in [2.45, 2.75) is 20.8 Å². The highest BCUT2D eigenvalue weighted by atomic mass is 35.5. The highest BCUT2D eigenvalue weighted by Gasteiger charge is 2.13. The first kappa shape index (κ1) is 21.3. The predicted molar refractivity (Wildman–Crippen MR) is 117 cm³/mol. The fourth-order valence-corrected chi connectivity index (χ4v) is 3.43. The van der Waals surface area contributed by atoms with E-state index >= 15 is 0 Å². The van der Waals surface area contributed by atoms with Gasteiger partial charge in [-0.3, -0.25) is 4.99 Å². The molecule has 30 heavy (non-hydrogen) atoms. The zero-order valence-corrected chi connectivity index (χ0v) is 17.6. The second-order valence-electron chi connectivity index (χ2n) is 6.66. The Morgan fingerprint density at radius 2 is 1.83 bits per heavy atom. The van der Waals surface area contributed by atoms with E-state index in [0.29, 0.717) is 17.9 Å². The van der Waals surface area contributed by atoms with Crippen molar-refractivity contribution < 1.29 is 19.4 Å². The molecule has 0 bridgehead atoms. The third-order valence-electron chi connectivity index (χ3n) is 4.64. The van der Waals surface area contributed by atoms with Gasteiger partial charge >= 0.3 is 11.9 Å². The lowest BCUT2D eigenvalue weighted by Crippen LogP contribution is -2.03. The van der Waals surface area contributed by atoms with Gasteiger partial charge in [-0.15, -0.1) is 0 Å². The summed E-state index contributed by atoms with van der Waals surface area (Å²) in [7, 11) is 0. The van der Waals surface area contributed by atoms with Crippen LogP contribution in [0.25, 0.3) is 5.69 Å². The van der Waals surface area contributed by atoms with Crippen molar-refractivity contribution in [1.82, 2.24) is 4.57 Å². The molecule has 154 valence electrons. The number of carbonyl (C=O) groups excluding carboxylic acids is 1. The number of carboxylic acids is 1. The van der Waals surface area contributed by atoms with Crippen LogP contribution >= 0.6 is 11.6 Å². The summed E-state index contributed by atoms with van der Waals surface area (Å²) in [4.78, 5) is 27.4. The van der Waals surface area contributed by atoms with E-state index < -0.39 is 5.97 Å². The molecule has 1 aromatic heterocycles. The number of rotatable bonds is 6. The minimum absolute atomic E-state index is 0.0657. The van der Waals surface area contributed by atoms with Gasteiger partial charge in [0.1, 0.15) is 0 Å². The number of carbonyl (C=O) groups is 2. The van der Waals surface area contributed by atoms with Crippen molar-refractivity contribution in [3.8, 4) is 5.69 Å². The van der Waals surface area contributed by atoms with E-state index in [9.17, 15) is 9.59 Å². The molecule has 0 fully saturated rings. The molecule has 0 amide bonds. The summed E-state index contributed by atoms with van der Waals surface area (Å²) < 4.78 is 6.97. The number of ether oxygens (including phenoxy) is 1. The maximum Gasteiger partial charge on any atom is 0.338 e. The Hall–Kier alpha value is -3.38. The van der Waals surface area contributed by atoms with E-state index in [0.717, 1.165) is 22.6 Å². The molecular formula is C23H21ClN2O4. The Kier molecular flexibility index (Phi) is 6.37. The summed E-state index contributed by atoms with van der Waals surface area (Å²) in [5.41, 5.74) is 4.86. The number of carboxylic acid groups (broad SMARTS) is 1. The number of hydrogen-bond acceptors (Lipinski definition) is 4. The van der Waals surface area contributed by atoms with Gasteiger partial charge in [-0.2, -0.15) is 0 Å². The van der Waals surface area contributed by atoms with Crippen molar-refractivity contribution in [3.63, 3.8) is 0 Å². The highest BCUT2D eigenvalue weighted by molar-refractivity contribution is 6.33. The van der Waals surface area contributed by atoms with E-state index in [4.69, 9.17) is 21.4 Å². The molecule has 3 rings (SSSR count). The van der Waals surface area contributed by atoms with Crippen LogP contribution in [0.4, 0.5) is 5.69 Å². The lowest BCUT2D eigenvalue weighted by Gasteiger charge is -2.11. The second kappa shape index (κ2) is 8.97. The van der Waals surface area contributed by atoms with Crippen LogP contribution in [-0.2, 0) is 4.74 Å². The van der Waals surface area contributed by atoms with Gasteiger partial charge in [0.25, 0.3) is 0 Å². The lowest BCUT2D eigenvalue weighted by molar-refractivity contribution is 0.0526. The van der Waals surface area contributed by atoms with Gasteiger partial charge in [0.05, 0.1) is 28.4 Å². The fourth-order valence-electron chi connectivity index (χ4n) is 3.17. The van der Waals surface area contributed by atoms with E-state index in [1.807, 2.05) is 24.5 Å². The van der Waals surface area contributed by atoms with Crippen LogP contribution in [-0.4, -0.2) is 34.4 Å². The number of esters is 1. The number of aromatic nitrogens is 1. The molecule has 0 aliphatic carbocycles. The fraction of sp³-hybridized carbons (Fsp3) is 0.174. The van der Waals surface area contributed by atoms with Gasteiger partial charge in [-0.05, 0) is 69.3 Å². The minimum Gasteiger partial charge on any atom is -0.478 e. The van der Waals surface area contributed by atoms with Crippen LogP contribution in [0.3, 0.4) is 0 Å². The first-order chi connectivity index (χ1) is 14.3. The largest absolute Gasteiger partial charge is 0.478 e. The van der Waals surface area contributed by atoms with E-state index in [1.54, 1.807) is 49.5 Å². The average Bonchev–Trinajstić information content (AvgIpc) is 2.99. The maximum atomic E-state index is 11.7. The Balaban J connectivity index is 1.86. The van der Waals surface area contributed by atoms with Crippen LogP contribution in [0, 0.1) is 13.8 Å². The van der Waals surface area contributed by atoms with Crippen molar-refractivity contribution in [1.29, 1.82) is 0 Å². The Labute approximate surface area is 179 Å². The molecule has 0 spiro atoms. The molecule has 3 aromatic rings. The van der Waals surface area contributed by atoms with Crippen LogP contribution in [0.1, 0.15) is 44.6 Å². The van der Waals surface area contributed by atoms with Crippen LogP contribution in [0.5, 0.6) is 0 Å². The number of aliphatic imine (C=N–C) groups is 1. The summed E-state index contributed by atoms with van der Waals surface area (Å²) in [6.07, 6.45) is 1.76. The SMILES string of the molecule is CCOC(=O)c1ccc(N=Cc2cc(C)n(-c3ccc(C(=O)O)c(Cl)c3)c2C)cc1. The molecule has 1 N–H and O–H groups in total. The molecule has 7 heteroatoms. The highest BCUT2D eigenvalue weighted by Crippen LogP contribution is 2.25. The van der Waals surface area contributed by atoms with Gasteiger partial charge in [-0.1, -0.05) is 11.6 Å². The van der Waals surface area contributed by atoms with Crippen molar-refractivity contribution in [2.24, 2.45) is 4.99 Å². The van der Waals surface area contributed by atoms with Crippen LogP contribution in [0.2, 0.25) is 5.02 Å². The molecule has 0 aliphatic rings. The van der Waals surface area contributed by atoms with Crippen molar-refractivity contribution in [3.05, 3.63) is 81.6 Å². The van der Waals surface area contributed by atoms with Gasteiger partial charge in [-0.25, -0.2) is 9.59 Å². The lowest BCUT2D eigenvalue weighted by atomic mass is 10.2. The number of halogens is 1. The molecule has 0 saturated carbocycles. The van der Waals surface area contributed by atoms with Gasteiger partial charge in [0.2, 0.25) is 0 Å². The molecule has 0 unspecified atom stereocenters. The molecule has 6 nitrogen and oxygen atoms in total. The summed E-state index contributed by atoms with van der Waals surface area (Å²) >= 11 is 6.13. The van der Waals surface area contributed by atoms with Gasteiger partial charge in [0, 0.05) is 28.9 Å². The summed E-state index contributed by atoms with van der Waals surface area (Å²) in [5, 5.41) is 9.34. The molecular weight excluding hydrogens is 404 g/mol. The second-order valence-corrected chi connectivity index (χ2v) is 7.06. The number of hydrogen-bond donors (Lipinski definition) is 1. The third-order valence-corrected chi connectivity index (χ3v) is 4.96. The summed E-state index contributed by atoms with van der Waals surface area (Å²) in [5.74, 6) is -1.42. The quantitative estimate of drug-likeness (QED) is 0.426. The number of nitrogens with zero attached hydrogens (tertiary/aromatic N) is 2. The molecule has 0 atom stereocenters. The topological polar surface area (TPSA) is 80.9 Å². The third kappa shape index (κ3) is 4.44. The number of aryl methyl sites for hydroxylation is 1. The first-order valence-electron chi connectivity index (χ1n) is 9.35. The van der Waals surface area contributed by atoms with E-state index in [2.05, 4.69) is 4.99 Å². The summed E-state index contributed by atoms with van der Waals surface area (Å²) in [6, 6.07) is 13.7. The molecule has 0 radical (unpaired) electrons. The molecule has 0 saturated heterocycles. The molecule has 1 heterocycles. The monoisotopic (exact) mass is 424 g/mol. The van der Waals surface area contributed by atoms with E-state index in [1.165, 1.54) is 6.07 Å². The summed E-state index contributed by atoms with van der Waals surface area (Å²) in [6.45, 7) is 6.01. The van der Waals surface area contributed by atoms with Crippen LogP contribution in [0.15, 0.2) is 53.5 Å². The molecule has 2 aromatic carbocycles.